The maximum Gasteiger partial charge on any atom is 0.250 e. The molecule has 1 unspecified atom stereocenters. The first-order chi connectivity index (χ1) is 11.2. The summed E-state index contributed by atoms with van der Waals surface area (Å²) in [6.45, 7) is 1.41. The molecule has 3 heterocycles. The van der Waals surface area contributed by atoms with Crippen LogP contribution in [0, 0.1) is 11.7 Å². The maximum atomic E-state index is 13.6. The minimum absolute atomic E-state index is 0.00677. The van der Waals surface area contributed by atoms with Gasteiger partial charge in [0.15, 0.2) is 15.7 Å². The molecule has 0 saturated carbocycles. The molecule has 1 aromatic heterocycles. The summed E-state index contributed by atoms with van der Waals surface area (Å²) < 4.78 is 67.7. The van der Waals surface area contributed by atoms with Crippen molar-refractivity contribution in [2.24, 2.45) is 5.92 Å². The van der Waals surface area contributed by atoms with Gasteiger partial charge in [0, 0.05) is 25.2 Å². The molecule has 0 bridgehead atoms. The van der Waals surface area contributed by atoms with E-state index >= 15 is 0 Å². The summed E-state index contributed by atoms with van der Waals surface area (Å²) in [5.41, 5.74) is 0. The summed E-state index contributed by atoms with van der Waals surface area (Å²) in [6.07, 6.45) is 1.76. The van der Waals surface area contributed by atoms with Crippen LogP contribution in [0.15, 0.2) is 18.3 Å². The third-order valence-electron chi connectivity index (χ3n) is 4.89. The van der Waals surface area contributed by atoms with Crippen LogP contribution in [0.2, 0.25) is 0 Å². The van der Waals surface area contributed by atoms with Crippen LogP contribution in [0.1, 0.15) is 13.3 Å². The highest BCUT2D eigenvalue weighted by Gasteiger charge is 2.63. The normalized spacial score (nSPS) is 25.5. The van der Waals surface area contributed by atoms with Crippen molar-refractivity contribution in [3.63, 3.8) is 0 Å². The number of hydrogen-bond donors (Lipinski definition) is 0. The van der Waals surface area contributed by atoms with Gasteiger partial charge in [-0.15, -0.1) is 0 Å². The lowest BCUT2D eigenvalue weighted by molar-refractivity contribution is 0.121. The van der Waals surface area contributed by atoms with Crippen molar-refractivity contribution >= 4 is 19.9 Å². The lowest BCUT2D eigenvalue weighted by atomic mass is 9.85. The van der Waals surface area contributed by atoms with Gasteiger partial charge >= 0.3 is 0 Å². The molecule has 1 spiro atoms. The molecule has 10 heteroatoms. The van der Waals surface area contributed by atoms with Gasteiger partial charge in [0.05, 0.1) is 18.1 Å². The van der Waals surface area contributed by atoms with Crippen LogP contribution in [0.5, 0.6) is 5.88 Å². The van der Waals surface area contributed by atoms with Crippen LogP contribution in [-0.4, -0.2) is 62.1 Å². The standard InChI is InChI=1S/C14H19FN2O5S2/c1-2-24(20,21)17-9-14(10-17)11(5-7-23(14,18)19)8-22-13-12(15)4-3-6-16-13/h3-4,6,11H,2,5,7-10H2,1H3. The SMILES string of the molecule is CCS(=O)(=O)N1CC2(C1)C(COc1ncccc1F)CCS2(=O)=O. The van der Waals surface area contributed by atoms with Crippen LogP contribution in [0.3, 0.4) is 0 Å². The number of ether oxygens (including phenoxy) is 1. The monoisotopic (exact) mass is 378 g/mol. The van der Waals surface area contributed by atoms with Gasteiger partial charge in [-0.1, -0.05) is 0 Å². The quantitative estimate of drug-likeness (QED) is 0.738. The minimum Gasteiger partial charge on any atom is -0.475 e. The topological polar surface area (TPSA) is 93.6 Å². The number of halogens is 1. The molecule has 2 fully saturated rings. The fourth-order valence-corrected chi connectivity index (χ4v) is 7.08. The largest absolute Gasteiger partial charge is 0.475 e. The van der Waals surface area contributed by atoms with E-state index in [4.69, 9.17) is 4.74 Å². The summed E-state index contributed by atoms with van der Waals surface area (Å²) >= 11 is 0. The van der Waals surface area contributed by atoms with Crippen molar-refractivity contribution in [3.05, 3.63) is 24.1 Å². The van der Waals surface area contributed by atoms with E-state index in [9.17, 15) is 21.2 Å². The van der Waals surface area contributed by atoms with Crippen LogP contribution in [-0.2, 0) is 19.9 Å². The van der Waals surface area contributed by atoms with E-state index in [0.717, 1.165) is 0 Å². The molecule has 7 nitrogen and oxygen atoms in total. The number of sulfonamides is 1. The molecular weight excluding hydrogens is 359 g/mol. The number of sulfone groups is 1. The van der Waals surface area contributed by atoms with Gasteiger partial charge in [0.25, 0.3) is 0 Å². The molecule has 0 N–H and O–H groups in total. The summed E-state index contributed by atoms with van der Waals surface area (Å²) in [5.74, 6) is -1.24. The van der Waals surface area contributed by atoms with Gasteiger partial charge < -0.3 is 4.74 Å². The first kappa shape index (κ1) is 17.6. The Hall–Kier alpha value is -1.26. The highest BCUT2D eigenvalue weighted by molar-refractivity contribution is 7.93. The van der Waals surface area contributed by atoms with E-state index in [1.165, 1.54) is 29.6 Å². The molecule has 2 saturated heterocycles. The first-order valence-electron chi connectivity index (χ1n) is 7.65. The Balaban J connectivity index is 1.76. The average Bonchev–Trinajstić information content (AvgIpc) is 2.75. The highest BCUT2D eigenvalue weighted by Crippen LogP contribution is 2.45. The van der Waals surface area contributed by atoms with Crippen molar-refractivity contribution < 1.29 is 26.0 Å². The predicted octanol–water partition coefficient (Wildman–Crippen LogP) is 0.438. The molecule has 1 atom stereocenters. The predicted molar refractivity (Wildman–Crippen MR) is 85.3 cm³/mol. The molecule has 2 aliphatic heterocycles. The molecule has 24 heavy (non-hydrogen) atoms. The summed E-state index contributed by atoms with van der Waals surface area (Å²) in [4.78, 5) is 3.78. The third kappa shape index (κ3) is 2.70. The van der Waals surface area contributed by atoms with Crippen LogP contribution < -0.4 is 4.74 Å². The van der Waals surface area contributed by atoms with Crippen molar-refractivity contribution in [3.8, 4) is 5.88 Å². The molecule has 0 radical (unpaired) electrons. The van der Waals surface area contributed by atoms with Crippen molar-refractivity contribution in [1.29, 1.82) is 0 Å². The zero-order valence-corrected chi connectivity index (χ0v) is 14.8. The Labute approximate surface area is 140 Å². The second-order valence-electron chi connectivity index (χ2n) is 6.14. The number of nitrogens with zero attached hydrogens (tertiary/aromatic N) is 2. The van der Waals surface area contributed by atoms with Crippen LogP contribution in [0.4, 0.5) is 4.39 Å². The Bertz CT molecular complexity index is 834. The number of rotatable bonds is 5. The average molecular weight is 378 g/mol. The van der Waals surface area contributed by atoms with E-state index in [1.807, 2.05) is 0 Å². The van der Waals surface area contributed by atoms with Crippen LogP contribution in [0.25, 0.3) is 0 Å². The van der Waals surface area contributed by atoms with Gasteiger partial charge in [0.2, 0.25) is 15.9 Å². The molecule has 0 aromatic carbocycles. The van der Waals surface area contributed by atoms with Crippen molar-refractivity contribution in [2.75, 3.05) is 31.2 Å². The van der Waals surface area contributed by atoms with Gasteiger partial charge in [-0.05, 0) is 25.5 Å². The smallest absolute Gasteiger partial charge is 0.250 e. The third-order valence-corrected chi connectivity index (χ3v) is 9.27. The summed E-state index contributed by atoms with van der Waals surface area (Å²) in [5, 5.41) is 0. The fraction of sp³-hybridized carbons (Fsp3) is 0.643. The molecule has 3 rings (SSSR count). The minimum atomic E-state index is -3.42. The molecular formula is C14H19FN2O5S2. The molecule has 134 valence electrons. The van der Waals surface area contributed by atoms with Crippen molar-refractivity contribution in [1.82, 2.24) is 9.29 Å². The van der Waals surface area contributed by atoms with E-state index in [1.54, 1.807) is 0 Å². The maximum absolute atomic E-state index is 13.6. The van der Waals surface area contributed by atoms with Gasteiger partial charge in [0.1, 0.15) is 4.75 Å². The van der Waals surface area contributed by atoms with E-state index in [-0.39, 0.29) is 43.0 Å². The highest BCUT2D eigenvalue weighted by atomic mass is 32.2. The lowest BCUT2D eigenvalue weighted by Gasteiger charge is -2.48. The lowest BCUT2D eigenvalue weighted by Crippen LogP contribution is -2.69. The molecule has 0 aliphatic carbocycles. The Morgan fingerprint density at radius 3 is 2.79 bits per heavy atom. The number of pyridine rings is 1. The number of aromatic nitrogens is 1. The van der Waals surface area contributed by atoms with Gasteiger partial charge in [-0.25, -0.2) is 26.2 Å². The molecule has 2 aliphatic rings. The van der Waals surface area contributed by atoms with Gasteiger partial charge in [-0.3, -0.25) is 0 Å². The summed E-state index contributed by atoms with van der Waals surface area (Å²) in [6, 6.07) is 2.64. The number of hydrogen-bond acceptors (Lipinski definition) is 6. The Morgan fingerprint density at radius 2 is 2.17 bits per heavy atom. The zero-order chi connectivity index (χ0) is 17.6. The Kier molecular flexibility index (Phi) is 4.33. The van der Waals surface area contributed by atoms with Crippen molar-refractivity contribution in [2.45, 2.75) is 18.1 Å². The summed E-state index contributed by atoms with van der Waals surface area (Å²) in [7, 11) is -6.83. The van der Waals surface area contributed by atoms with E-state index in [0.29, 0.717) is 6.42 Å². The van der Waals surface area contributed by atoms with Gasteiger partial charge in [-0.2, -0.15) is 4.31 Å². The fourth-order valence-electron chi connectivity index (χ4n) is 3.29. The van der Waals surface area contributed by atoms with E-state index in [2.05, 4.69) is 4.98 Å². The molecule has 0 amide bonds. The molecule has 1 aromatic rings. The van der Waals surface area contributed by atoms with E-state index < -0.39 is 30.4 Å². The van der Waals surface area contributed by atoms with Crippen LogP contribution >= 0.6 is 0 Å². The second-order valence-corrected chi connectivity index (χ2v) is 10.8. The second kappa shape index (κ2) is 5.92. The first-order valence-corrected chi connectivity index (χ1v) is 10.9. The zero-order valence-electron chi connectivity index (χ0n) is 13.2. The Morgan fingerprint density at radius 1 is 1.46 bits per heavy atom.